The molecule has 1 aliphatic heterocycles. The summed E-state index contributed by atoms with van der Waals surface area (Å²) in [6, 6.07) is 13.3. The standard InChI is InChI=1S/C26H25FN2O6/c1-16-20(5-4-6-22(16)29(31)32)26(30)28-12-11-17-13-24(33-2)25(34-3)14-21(17)23(28)15-35-19-9-7-18(27)8-10-19/h4-10,13-14,23H,11-12,15H2,1-3H3. The predicted molar refractivity (Wildman–Crippen MR) is 127 cm³/mol. The lowest BCUT2D eigenvalue weighted by Crippen LogP contribution is -2.42. The fraction of sp³-hybridized carbons (Fsp3) is 0.269. The van der Waals surface area contributed by atoms with E-state index in [0.717, 1.165) is 11.1 Å². The molecule has 1 aliphatic rings. The van der Waals surface area contributed by atoms with E-state index in [2.05, 4.69) is 0 Å². The average Bonchev–Trinajstić information content (AvgIpc) is 2.86. The highest BCUT2D eigenvalue weighted by Gasteiger charge is 2.34. The van der Waals surface area contributed by atoms with Crippen molar-refractivity contribution in [3.63, 3.8) is 0 Å². The van der Waals surface area contributed by atoms with Gasteiger partial charge in [-0.2, -0.15) is 0 Å². The van der Waals surface area contributed by atoms with Crippen LogP contribution in [0, 0.1) is 22.9 Å². The first-order valence-electron chi connectivity index (χ1n) is 11.0. The van der Waals surface area contributed by atoms with Gasteiger partial charge in [-0.15, -0.1) is 0 Å². The van der Waals surface area contributed by atoms with E-state index in [1.54, 1.807) is 25.0 Å². The second-order valence-corrected chi connectivity index (χ2v) is 8.14. The maximum absolute atomic E-state index is 13.7. The third kappa shape index (κ3) is 4.75. The lowest BCUT2D eigenvalue weighted by Gasteiger charge is -2.38. The molecule has 0 bridgehead atoms. The number of halogens is 1. The molecule has 1 heterocycles. The topological polar surface area (TPSA) is 91.1 Å². The Bertz CT molecular complexity index is 1260. The molecule has 0 fully saturated rings. The van der Waals surface area contributed by atoms with E-state index in [9.17, 15) is 19.3 Å². The minimum Gasteiger partial charge on any atom is -0.493 e. The summed E-state index contributed by atoms with van der Waals surface area (Å²) in [5.74, 6) is 0.838. The van der Waals surface area contributed by atoms with Crippen molar-refractivity contribution in [2.75, 3.05) is 27.4 Å². The van der Waals surface area contributed by atoms with Gasteiger partial charge in [-0.05, 0) is 66.9 Å². The van der Waals surface area contributed by atoms with Crippen LogP contribution in [0.1, 0.15) is 33.1 Å². The molecule has 9 heteroatoms. The van der Waals surface area contributed by atoms with Crippen LogP contribution in [0.4, 0.5) is 10.1 Å². The van der Waals surface area contributed by atoms with Crippen molar-refractivity contribution < 1.29 is 28.3 Å². The first-order chi connectivity index (χ1) is 16.8. The van der Waals surface area contributed by atoms with Gasteiger partial charge < -0.3 is 19.1 Å². The van der Waals surface area contributed by atoms with Gasteiger partial charge in [-0.3, -0.25) is 14.9 Å². The minimum atomic E-state index is -0.519. The van der Waals surface area contributed by atoms with E-state index in [1.165, 1.54) is 43.5 Å². The van der Waals surface area contributed by atoms with Gasteiger partial charge in [-0.25, -0.2) is 4.39 Å². The van der Waals surface area contributed by atoms with Gasteiger partial charge >= 0.3 is 0 Å². The van der Waals surface area contributed by atoms with Gasteiger partial charge in [0.1, 0.15) is 18.2 Å². The Hall–Kier alpha value is -4.14. The van der Waals surface area contributed by atoms with Crippen molar-refractivity contribution in [2.24, 2.45) is 0 Å². The number of rotatable bonds is 7. The zero-order valence-corrected chi connectivity index (χ0v) is 19.6. The second-order valence-electron chi connectivity index (χ2n) is 8.14. The van der Waals surface area contributed by atoms with Crippen molar-refractivity contribution in [2.45, 2.75) is 19.4 Å². The number of benzene rings is 3. The van der Waals surface area contributed by atoms with Gasteiger partial charge in [0.15, 0.2) is 11.5 Å². The highest BCUT2D eigenvalue weighted by atomic mass is 19.1. The molecule has 0 spiro atoms. The third-order valence-corrected chi connectivity index (χ3v) is 6.22. The number of fused-ring (bicyclic) bond motifs is 1. The summed E-state index contributed by atoms with van der Waals surface area (Å²) in [5.41, 5.74) is 2.26. The number of hydrogen-bond acceptors (Lipinski definition) is 6. The van der Waals surface area contributed by atoms with Gasteiger partial charge in [0, 0.05) is 23.7 Å². The zero-order chi connectivity index (χ0) is 25.1. The lowest BCUT2D eigenvalue weighted by molar-refractivity contribution is -0.385. The highest BCUT2D eigenvalue weighted by molar-refractivity contribution is 5.97. The van der Waals surface area contributed by atoms with Crippen LogP contribution in [0.2, 0.25) is 0 Å². The fourth-order valence-electron chi connectivity index (χ4n) is 4.36. The summed E-state index contributed by atoms with van der Waals surface area (Å²) >= 11 is 0. The fourth-order valence-corrected chi connectivity index (χ4v) is 4.36. The minimum absolute atomic E-state index is 0.0911. The van der Waals surface area contributed by atoms with Crippen LogP contribution in [-0.4, -0.2) is 43.1 Å². The molecular weight excluding hydrogens is 455 g/mol. The van der Waals surface area contributed by atoms with E-state index >= 15 is 0 Å². The highest BCUT2D eigenvalue weighted by Crippen LogP contribution is 2.39. The summed E-state index contributed by atoms with van der Waals surface area (Å²) in [6.07, 6.45) is 0.558. The molecule has 0 saturated heterocycles. The molecule has 0 N–H and O–H groups in total. The van der Waals surface area contributed by atoms with E-state index < -0.39 is 11.0 Å². The molecule has 1 amide bonds. The van der Waals surface area contributed by atoms with Crippen LogP contribution in [0.3, 0.4) is 0 Å². The molecule has 0 aromatic heterocycles. The number of nitro groups is 1. The summed E-state index contributed by atoms with van der Waals surface area (Å²) < 4.78 is 30.2. The Morgan fingerprint density at radius 3 is 2.46 bits per heavy atom. The lowest BCUT2D eigenvalue weighted by atomic mass is 9.91. The summed E-state index contributed by atoms with van der Waals surface area (Å²) in [4.78, 5) is 26.3. The molecule has 1 atom stereocenters. The Morgan fingerprint density at radius 2 is 1.80 bits per heavy atom. The first kappa shape index (κ1) is 24.0. The van der Waals surface area contributed by atoms with Gasteiger partial charge in [-0.1, -0.05) is 6.07 Å². The molecule has 3 aromatic carbocycles. The monoisotopic (exact) mass is 480 g/mol. The van der Waals surface area contributed by atoms with E-state index in [4.69, 9.17) is 14.2 Å². The Balaban J connectivity index is 1.74. The van der Waals surface area contributed by atoms with Crippen LogP contribution in [0.25, 0.3) is 0 Å². The number of ether oxygens (including phenoxy) is 3. The molecule has 35 heavy (non-hydrogen) atoms. The van der Waals surface area contributed by atoms with Gasteiger partial charge in [0.25, 0.3) is 11.6 Å². The van der Waals surface area contributed by atoms with Crippen LogP contribution in [0.5, 0.6) is 17.2 Å². The van der Waals surface area contributed by atoms with Gasteiger partial charge in [0.2, 0.25) is 0 Å². The van der Waals surface area contributed by atoms with E-state index in [-0.39, 0.29) is 29.6 Å². The Kier molecular flexibility index (Phi) is 6.86. The number of amides is 1. The summed E-state index contributed by atoms with van der Waals surface area (Å²) in [6.45, 7) is 2.04. The molecule has 0 aliphatic carbocycles. The average molecular weight is 480 g/mol. The summed E-state index contributed by atoms with van der Waals surface area (Å²) in [5, 5.41) is 11.4. The molecule has 0 radical (unpaired) electrons. The van der Waals surface area contributed by atoms with Crippen molar-refractivity contribution >= 4 is 11.6 Å². The number of carbonyl (C=O) groups excluding carboxylic acids is 1. The smallest absolute Gasteiger partial charge is 0.273 e. The van der Waals surface area contributed by atoms with Gasteiger partial charge in [0.05, 0.1) is 25.2 Å². The normalized spacial score (nSPS) is 14.7. The molecule has 4 rings (SSSR count). The van der Waals surface area contributed by atoms with Crippen molar-refractivity contribution in [1.29, 1.82) is 0 Å². The maximum atomic E-state index is 13.7. The SMILES string of the molecule is COc1cc2c(cc1OC)C(COc1ccc(F)cc1)N(C(=O)c1cccc([N+](=O)[O-])c1C)CC2. The van der Waals surface area contributed by atoms with Crippen LogP contribution in [0.15, 0.2) is 54.6 Å². The largest absolute Gasteiger partial charge is 0.493 e. The molecule has 1 unspecified atom stereocenters. The summed E-state index contributed by atoms with van der Waals surface area (Å²) in [7, 11) is 3.09. The van der Waals surface area contributed by atoms with Crippen LogP contribution < -0.4 is 14.2 Å². The molecular formula is C26H25FN2O6. The molecule has 8 nitrogen and oxygen atoms in total. The number of nitro benzene ring substituents is 1. The van der Waals surface area contributed by atoms with Crippen molar-refractivity contribution in [3.8, 4) is 17.2 Å². The number of nitrogens with zero attached hydrogens (tertiary/aromatic N) is 2. The number of methoxy groups -OCH3 is 2. The van der Waals surface area contributed by atoms with Crippen LogP contribution >= 0.6 is 0 Å². The second kappa shape index (κ2) is 10.0. The Morgan fingerprint density at radius 1 is 1.11 bits per heavy atom. The van der Waals surface area contributed by atoms with E-state index in [1.807, 2.05) is 12.1 Å². The number of hydrogen-bond donors (Lipinski definition) is 0. The maximum Gasteiger partial charge on any atom is 0.273 e. The number of carbonyl (C=O) groups is 1. The van der Waals surface area contributed by atoms with E-state index in [0.29, 0.717) is 35.8 Å². The molecule has 0 saturated carbocycles. The van der Waals surface area contributed by atoms with Crippen LogP contribution in [-0.2, 0) is 6.42 Å². The Labute approximate surface area is 202 Å². The first-order valence-corrected chi connectivity index (χ1v) is 11.0. The quantitative estimate of drug-likeness (QED) is 0.354. The third-order valence-electron chi connectivity index (χ3n) is 6.22. The predicted octanol–water partition coefficient (Wildman–Crippen LogP) is 4.88. The zero-order valence-electron chi connectivity index (χ0n) is 19.6. The van der Waals surface area contributed by atoms with Crippen molar-refractivity contribution in [3.05, 3.63) is 92.8 Å². The van der Waals surface area contributed by atoms with Crippen molar-refractivity contribution in [1.82, 2.24) is 4.90 Å². The molecule has 182 valence electrons. The molecule has 3 aromatic rings.